The molecule has 1 aliphatic heterocycles. The van der Waals surface area contributed by atoms with Gasteiger partial charge in [-0.3, -0.25) is 9.69 Å². The van der Waals surface area contributed by atoms with Crippen molar-refractivity contribution in [3.8, 4) is 0 Å². The second-order valence-corrected chi connectivity index (χ2v) is 8.19. The Morgan fingerprint density at radius 3 is 1.91 bits per heavy atom. The van der Waals surface area contributed by atoms with Crippen molar-refractivity contribution in [1.29, 1.82) is 0 Å². The van der Waals surface area contributed by atoms with Crippen LogP contribution in [0.3, 0.4) is 0 Å². The molecular formula is C25H29F3N2O5. The SMILES string of the molecule is CCN(Cc1ccccc1)C(=O)C1CCN(Cc2ccc(C(F)(F)F)cc2)CC1.O=C(O)C(=O)O. The first-order valence-electron chi connectivity index (χ1n) is 11.2. The van der Waals surface area contributed by atoms with Crippen molar-refractivity contribution in [3.63, 3.8) is 0 Å². The lowest BCUT2D eigenvalue weighted by Gasteiger charge is -2.34. The van der Waals surface area contributed by atoms with Crippen LogP contribution in [-0.2, 0) is 33.6 Å². The van der Waals surface area contributed by atoms with Gasteiger partial charge in [0.15, 0.2) is 0 Å². The highest BCUT2D eigenvalue weighted by molar-refractivity contribution is 6.27. The monoisotopic (exact) mass is 494 g/mol. The second-order valence-electron chi connectivity index (χ2n) is 8.19. The predicted molar refractivity (Wildman–Crippen MR) is 122 cm³/mol. The van der Waals surface area contributed by atoms with Gasteiger partial charge in [0.25, 0.3) is 0 Å². The molecule has 0 saturated carbocycles. The summed E-state index contributed by atoms with van der Waals surface area (Å²) in [6.07, 6.45) is -2.74. The zero-order chi connectivity index (χ0) is 26.0. The van der Waals surface area contributed by atoms with Crippen molar-refractivity contribution in [2.45, 2.75) is 39.0 Å². The smallest absolute Gasteiger partial charge is 0.416 e. The number of carbonyl (C=O) groups excluding carboxylic acids is 1. The standard InChI is InChI=1S/C23H27F3N2O.C2H2O4/c1-2-28(17-18-6-4-3-5-7-18)22(29)20-12-14-27(15-13-20)16-19-8-10-21(11-9-19)23(24,25)26;3-1(4)2(5)6/h3-11,20H,2,12-17H2,1H3;(H,3,4)(H,5,6). The average Bonchev–Trinajstić information content (AvgIpc) is 2.83. The molecule has 0 unspecified atom stereocenters. The van der Waals surface area contributed by atoms with E-state index in [1.807, 2.05) is 42.2 Å². The Morgan fingerprint density at radius 1 is 0.914 bits per heavy atom. The molecule has 0 atom stereocenters. The van der Waals surface area contributed by atoms with E-state index in [2.05, 4.69) is 4.90 Å². The molecule has 2 N–H and O–H groups in total. The summed E-state index contributed by atoms with van der Waals surface area (Å²) < 4.78 is 38.0. The van der Waals surface area contributed by atoms with Crippen LogP contribution in [0.2, 0.25) is 0 Å². The number of amides is 1. The van der Waals surface area contributed by atoms with Crippen molar-refractivity contribution in [2.75, 3.05) is 19.6 Å². The number of likely N-dealkylation sites (tertiary alicyclic amines) is 1. The van der Waals surface area contributed by atoms with E-state index in [0.29, 0.717) is 19.6 Å². The van der Waals surface area contributed by atoms with Gasteiger partial charge in [-0.2, -0.15) is 13.2 Å². The Hall–Kier alpha value is -3.40. The van der Waals surface area contributed by atoms with Crippen LogP contribution in [0.1, 0.15) is 36.5 Å². The van der Waals surface area contributed by atoms with E-state index in [0.717, 1.165) is 49.2 Å². The molecule has 1 fully saturated rings. The van der Waals surface area contributed by atoms with Crippen molar-refractivity contribution < 1.29 is 37.8 Å². The predicted octanol–water partition coefficient (Wildman–Crippen LogP) is 4.12. The van der Waals surface area contributed by atoms with Gasteiger partial charge >= 0.3 is 18.1 Å². The number of nitrogens with zero attached hydrogens (tertiary/aromatic N) is 2. The van der Waals surface area contributed by atoms with Crippen LogP contribution in [-0.4, -0.2) is 57.5 Å². The Balaban J connectivity index is 0.000000641. The van der Waals surface area contributed by atoms with Gasteiger partial charge in [-0.25, -0.2) is 9.59 Å². The van der Waals surface area contributed by atoms with Gasteiger partial charge in [0, 0.05) is 25.6 Å². The molecule has 3 rings (SSSR count). The number of hydrogen-bond donors (Lipinski definition) is 2. The summed E-state index contributed by atoms with van der Waals surface area (Å²) in [6, 6.07) is 15.3. The van der Waals surface area contributed by atoms with Crippen molar-refractivity contribution in [3.05, 3.63) is 71.3 Å². The molecule has 0 radical (unpaired) electrons. The van der Waals surface area contributed by atoms with Crippen LogP contribution in [0.4, 0.5) is 13.2 Å². The maximum atomic E-state index is 12.9. The van der Waals surface area contributed by atoms with E-state index >= 15 is 0 Å². The highest BCUT2D eigenvalue weighted by Crippen LogP contribution is 2.29. The number of carbonyl (C=O) groups is 3. The van der Waals surface area contributed by atoms with Gasteiger partial charge in [-0.15, -0.1) is 0 Å². The number of rotatable bonds is 6. The first-order valence-corrected chi connectivity index (χ1v) is 11.2. The number of alkyl halides is 3. The van der Waals surface area contributed by atoms with Gasteiger partial charge in [0.1, 0.15) is 0 Å². The van der Waals surface area contributed by atoms with Gasteiger partial charge in [-0.05, 0) is 56.1 Å². The van der Waals surface area contributed by atoms with Gasteiger partial charge in [0.05, 0.1) is 5.56 Å². The molecule has 1 saturated heterocycles. The van der Waals surface area contributed by atoms with E-state index in [1.54, 1.807) is 12.1 Å². The van der Waals surface area contributed by atoms with Crippen molar-refractivity contribution in [1.82, 2.24) is 9.80 Å². The first kappa shape index (κ1) is 27.8. The van der Waals surface area contributed by atoms with E-state index in [-0.39, 0.29) is 11.8 Å². The first-order chi connectivity index (χ1) is 16.5. The number of benzene rings is 2. The Kier molecular flexibility index (Phi) is 10.3. The highest BCUT2D eigenvalue weighted by Gasteiger charge is 2.30. The van der Waals surface area contributed by atoms with Crippen LogP contribution in [0, 0.1) is 5.92 Å². The third-order valence-corrected chi connectivity index (χ3v) is 5.72. The Labute approximate surface area is 201 Å². The summed E-state index contributed by atoms with van der Waals surface area (Å²) in [4.78, 5) is 35.2. The minimum atomic E-state index is -4.30. The zero-order valence-electron chi connectivity index (χ0n) is 19.4. The number of carboxylic acid groups (broad SMARTS) is 2. The molecule has 1 aliphatic rings. The van der Waals surface area contributed by atoms with Crippen LogP contribution in [0.5, 0.6) is 0 Å². The normalized spacial score (nSPS) is 14.5. The maximum absolute atomic E-state index is 12.9. The van der Waals surface area contributed by atoms with Crippen molar-refractivity contribution in [2.24, 2.45) is 5.92 Å². The topological polar surface area (TPSA) is 98.2 Å². The molecule has 0 bridgehead atoms. The molecule has 35 heavy (non-hydrogen) atoms. The summed E-state index contributed by atoms with van der Waals surface area (Å²) in [6.45, 7) is 5.48. The molecule has 7 nitrogen and oxygen atoms in total. The van der Waals surface area contributed by atoms with E-state index in [9.17, 15) is 18.0 Å². The van der Waals surface area contributed by atoms with E-state index in [4.69, 9.17) is 19.8 Å². The fourth-order valence-corrected chi connectivity index (χ4v) is 3.80. The lowest BCUT2D eigenvalue weighted by molar-refractivity contribution is -0.159. The van der Waals surface area contributed by atoms with Gasteiger partial charge in [0.2, 0.25) is 5.91 Å². The zero-order valence-corrected chi connectivity index (χ0v) is 19.4. The highest BCUT2D eigenvalue weighted by atomic mass is 19.4. The fourth-order valence-electron chi connectivity index (χ4n) is 3.80. The third-order valence-electron chi connectivity index (χ3n) is 5.72. The largest absolute Gasteiger partial charge is 0.473 e. The maximum Gasteiger partial charge on any atom is 0.416 e. The summed E-state index contributed by atoms with van der Waals surface area (Å²) >= 11 is 0. The lowest BCUT2D eigenvalue weighted by atomic mass is 9.94. The lowest BCUT2D eigenvalue weighted by Crippen LogP contribution is -2.42. The van der Waals surface area contributed by atoms with Crippen LogP contribution in [0.15, 0.2) is 54.6 Å². The molecule has 2 aromatic carbocycles. The van der Waals surface area contributed by atoms with Crippen LogP contribution in [0.25, 0.3) is 0 Å². The average molecular weight is 495 g/mol. The summed E-state index contributed by atoms with van der Waals surface area (Å²) in [5, 5.41) is 14.8. The van der Waals surface area contributed by atoms with Crippen molar-refractivity contribution >= 4 is 17.8 Å². The van der Waals surface area contributed by atoms with Crippen LogP contribution < -0.4 is 0 Å². The molecule has 190 valence electrons. The molecule has 0 spiro atoms. The molecule has 0 aliphatic carbocycles. The Bertz CT molecular complexity index is 961. The summed E-state index contributed by atoms with van der Waals surface area (Å²) in [5.74, 6) is -3.43. The molecule has 1 amide bonds. The van der Waals surface area contributed by atoms with E-state index < -0.39 is 23.7 Å². The number of halogens is 3. The fraction of sp³-hybridized carbons (Fsp3) is 0.400. The Morgan fingerprint density at radius 2 is 1.46 bits per heavy atom. The quantitative estimate of drug-likeness (QED) is 0.587. The summed E-state index contributed by atoms with van der Waals surface area (Å²) in [7, 11) is 0. The molecular weight excluding hydrogens is 465 g/mol. The molecule has 2 aromatic rings. The third kappa shape index (κ3) is 9.05. The molecule has 1 heterocycles. The van der Waals surface area contributed by atoms with Crippen LogP contribution >= 0.6 is 0 Å². The molecule has 0 aromatic heterocycles. The van der Waals surface area contributed by atoms with Gasteiger partial charge in [-0.1, -0.05) is 42.5 Å². The van der Waals surface area contributed by atoms with E-state index in [1.165, 1.54) is 0 Å². The second kappa shape index (κ2) is 12.9. The summed E-state index contributed by atoms with van der Waals surface area (Å²) in [5.41, 5.74) is 1.37. The minimum Gasteiger partial charge on any atom is -0.473 e. The number of aliphatic carboxylic acids is 2. The minimum absolute atomic E-state index is 0.0162. The number of piperidine rings is 1. The van der Waals surface area contributed by atoms with Gasteiger partial charge < -0.3 is 15.1 Å². The number of hydrogen-bond acceptors (Lipinski definition) is 4. The molecule has 10 heteroatoms. The number of carboxylic acids is 2.